The third-order valence-electron chi connectivity index (χ3n) is 3.49. The Bertz CT molecular complexity index is 685. The predicted molar refractivity (Wildman–Crippen MR) is 90.9 cm³/mol. The monoisotopic (exact) mass is 327 g/mol. The van der Waals surface area contributed by atoms with Gasteiger partial charge in [-0.3, -0.25) is 4.79 Å². The van der Waals surface area contributed by atoms with Crippen LogP contribution in [0.15, 0.2) is 54.6 Å². The Balaban J connectivity index is 1.78. The zero-order chi connectivity index (χ0) is 17.4. The van der Waals surface area contributed by atoms with E-state index in [2.05, 4.69) is 5.32 Å². The van der Waals surface area contributed by atoms with E-state index in [0.717, 1.165) is 11.3 Å². The fourth-order valence-electron chi connectivity index (χ4n) is 2.29. The number of carbonyl (C=O) groups excluding carboxylic acids is 1. The standard InChI is InChI=1S/C19H21NO4/c1-14-7-5-10-16(13-14)24-12-6-11-17(21)20-18(19(22)23)15-8-3-2-4-9-15/h2-5,7-10,13,18H,6,11-12H2,1H3,(H,20,21)(H,22,23)/t18-/m0/s1. The fraction of sp³-hybridized carbons (Fsp3) is 0.263. The Morgan fingerprint density at radius 1 is 1.12 bits per heavy atom. The van der Waals surface area contributed by atoms with Gasteiger partial charge < -0.3 is 15.2 Å². The van der Waals surface area contributed by atoms with Crippen LogP contribution in [-0.4, -0.2) is 23.6 Å². The number of hydrogen-bond donors (Lipinski definition) is 2. The molecule has 0 bridgehead atoms. The molecule has 126 valence electrons. The lowest BCUT2D eigenvalue weighted by atomic mass is 10.1. The van der Waals surface area contributed by atoms with Crippen LogP contribution in [0.3, 0.4) is 0 Å². The third-order valence-corrected chi connectivity index (χ3v) is 3.49. The lowest BCUT2D eigenvalue weighted by Crippen LogP contribution is -2.33. The first-order valence-electron chi connectivity index (χ1n) is 7.83. The normalized spacial score (nSPS) is 11.5. The molecule has 24 heavy (non-hydrogen) atoms. The van der Waals surface area contributed by atoms with E-state index < -0.39 is 12.0 Å². The van der Waals surface area contributed by atoms with Gasteiger partial charge in [0.25, 0.3) is 0 Å². The number of aliphatic carboxylic acids is 1. The summed E-state index contributed by atoms with van der Waals surface area (Å²) in [7, 11) is 0. The smallest absolute Gasteiger partial charge is 0.330 e. The van der Waals surface area contributed by atoms with Gasteiger partial charge in [0, 0.05) is 6.42 Å². The van der Waals surface area contributed by atoms with E-state index in [1.165, 1.54) is 0 Å². The average Bonchev–Trinajstić information content (AvgIpc) is 2.57. The van der Waals surface area contributed by atoms with Crippen molar-refractivity contribution in [1.82, 2.24) is 5.32 Å². The Hall–Kier alpha value is -2.82. The Kier molecular flexibility index (Phi) is 6.37. The van der Waals surface area contributed by atoms with E-state index in [9.17, 15) is 14.7 Å². The van der Waals surface area contributed by atoms with Crippen molar-refractivity contribution in [2.45, 2.75) is 25.8 Å². The lowest BCUT2D eigenvalue weighted by molar-refractivity contribution is -0.142. The van der Waals surface area contributed by atoms with Gasteiger partial charge in [0.05, 0.1) is 6.61 Å². The number of carbonyl (C=O) groups is 2. The first-order valence-corrected chi connectivity index (χ1v) is 7.83. The molecule has 2 rings (SSSR count). The minimum atomic E-state index is -1.08. The largest absolute Gasteiger partial charge is 0.494 e. The van der Waals surface area contributed by atoms with Crippen LogP contribution in [0.4, 0.5) is 0 Å². The number of carboxylic acid groups (broad SMARTS) is 1. The quantitative estimate of drug-likeness (QED) is 0.731. The fourth-order valence-corrected chi connectivity index (χ4v) is 2.29. The summed E-state index contributed by atoms with van der Waals surface area (Å²) in [5.74, 6) is -0.618. The summed E-state index contributed by atoms with van der Waals surface area (Å²) in [6.07, 6.45) is 0.726. The van der Waals surface area contributed by atoms with Gasteiger partial charge in [-0.15, -0.1) is 0 Å². The van der Waals surface area contributed by atoms with Gasteiger partial charge in [-0.1, -0.05) is 42.5 Å². The van der Waals surface area contributed by atoms with Crippen LogP contribution in [0.5, 0.6) is 5.75 Å². The molecule has 0 radical (unpaired) electrons. The first-order chi connectivity index (χ1) is 11.6. The Morgan fingerprint density at radius 3 is 2.54 bits per heavy atom. The van der Waals surface area contributed by atoms with E-state index in [1.807, 2.05) is 31.2 Å². The van der Waals surface area contributed by atoms with Crippen LogP contribution in [0.2, 0.25) is 0 Å². The number of ether oxygens (including phenoxy) is 1. The van der Waals surface area contributed by atoms with Gasteiger partial charge in [0.15, 0.2) is 6.04 Å². The second-order valence-corrected chi connectivity index (χ2v) is 5.52. The van der Waals surface area contributed by atoms with Gasteiger partial charge in [0.2, 0.25) is 5.91 Å². The Labute approximate surface area is 141 Å². The summed E-state index contributed by atoms with van der Waals surface area (Å²) in [4.78, 5) is 23.3. The van der Waals surface area contributed by atoms with Crippen LogP contribution in [0.1, 0.15) is 30.0 Å². The molecule has 0 spiro atoms. The summed E-state index contributed by atoms with van der Waals surface area (Å²) < 4.78 is 5.58. The zero-order valence-electron chi connectivity index (χ0n) is 13.6. The number of hydrogen-bond acceptors (Lipinski definition) is 3. The number of amides is 1. The first kappa shape index (κ1) is 17.5. The second-order valence-electron chi connectivity index (χ2n) is 5.52. The number of benzene rings is 2. The van der Waals surface area contributed by atoms with Crippen LogP contribution in [0.25, 0.3) is 0 Å². The predicted octanol–water partition coefficient (Wildman–Crippen LogP) is 3.10. The number of rotatable bonds is 8. The van der Waals surface area contributed by atoms with Gasteiger partial charge in [-0.2, -0.15) is 0 Å². The zero-order valence-corrected chi connectivity index (χ0v) is 13.6. The summed E-state index contributed by atoms with van der Waals surface area (Å²) in [6, 6.07) is 15.3. The molecule has 5 nitrogen and oxygen atoms in total. The van der Waals surface area contributed by atoms with E-state index in [-0.39, 0.29) is 12.3 Å². The molecule has 0 aliphatic carbocycles. The number of nitrogens with one attached hydrogen (secondary N) is 1. The average molecular weight is 327 g/mol. The topological polar surface area (TPSA) is 75.6 Å². The van der Waals surface area contributed by atoms with Crippen molar-refractivity contribution < 1.29 is 19.4 Å². The van der Waals surface area contributed by atoms with E-state index in [1.54, 1.807) is 30.3 Å². The lowest BCUT2D eigenvalue weighted by Gasteiger charge is -2.15. The molecule has 1 amide bonds. The second kappa shape index (κ2) is 8.72. The van der Waals surface area contributed by atoms with E-state index in [4.69, 9.17) is 4.74 Å². The SMILES string of the molecule is Cc1cccc(OCCCC(=O)N[C@H](C(=O)O)c2ccccc2)c1. The van der Waals surface area contributed by atoms with Crippen molar-refractivity contribution in [3.63, 3.8) is 0 Å². The summed E-state index contributed by atoms with van der Waals surface area (Å²) in [5.41, 5.74) is 1.66. The summed E-state index contributed by atoms with van der Waals surface area (Å²) in [5, 5.41) is 11.8. The number of aryl methyl sites for hydroxylation is 1. The van der Waals surface area contributed by atoms with Crippen LogP contribution in [-0.2, 0) is 9.59 Å². The maximum absolute atomic E-state index is 12.0. The molecule has 0 aliphatic rings. The van der Waals surface area contributed by atoms with Gasteiger partial charge in [-0.05, 0) is 36.6 Å². The van der Waals surface area contributed by atoms with E-state index in [0.29, 0.717) is 18.6 Å². The molecule has 2 N–H and O–H groups in total. The van der Waals surface area contributed by atoms with Gasteiger partial charge >= 0.3 is 5.97 Å². The van der Waals surface area contributed by atoms with Crippen LogP contribution in [0, 0.1) is 6.92 Å². The highest BCUT2D eigenvalue weighted by Gasteiger charge is 2.21. The highest BCUT2D eigenvalue weighted by Crippen LogP contribution is 2.14. The minimum Gasteiger partial charge on any atom is -0.494 e. The van der Waals surface area contributed by atoms with Crippen molar-refractivity contribution in [2.75, 3.05) is 6.61 Å². The number of carboxylic acids is 1. The van der Waals surface area contributed by atoms with Crippen molar-refractivity contribution >= 4 is 11.9 Å². The van der Waals surface area contributed by atoms with Crippen LogP contribution >= 0.6 is 0 Å². The molecule has 0 saturated carbocycles. The van der Waals surface area contributed by atoms with Gasteiger partial charge in [-0.25, -0.2) is 4.79 Å². The molecule has 0 unspecified atom stereocenters. The minimum absolute atomic E-state index is 0.211. The highest BCUT2D eigenvalue weighted by molar-refractivity contribution is 5.84. The molecular formula is C19H21NO4. The van der Waals surface area contributed by atoms with E-state index >= 15 is 0 Å². The van der Waals surface area contributed by atoms with Gasteiger partial charge in [0.1, 0.15) is 5.75 Å². The molecule has 0 aromatic heterocycles. The molecule has 0 aliphatic heterocycles. The summed E-state index contributed by atoms with van der Waals surface area (Å²) in [6.45, 7) is 2.38. The maximum Gasteiger partial charge on any atom is 0.330 e. The molecule has 0 heterocycles. The molecule has 1 atom stereocenters. The molecule has 2 aromatic rings. The highest BCUT2D eigenvalue weighted by atomic mass is 16.5. The molecular weight excluding hydrogens is 306 g/mol. The molecule has 0 saturated heterocycles. The van der Waals surface area contributed by atoms with Crippen molar-refractivity contribution in [2.24, 2.45) is 0 Å². The van der Waals surface area contributed by atoms with Crippen molar-refractivity contribution in [3.8, 4) is 5.75 Å². The van der Waals surface area contributed by atoms with Crippen molar-refractivity contribution in [1.29, 1.82) is 0 Å². The molecule has 2 aromatic carbocycles. The molecule has 0 fully saturated rings. The molecule has 5 heteroatoms. The third kappa shape index (κ3) is 5.43. The maximum atomic E-state index is 12.0. The van der Waals surface area contributed by atoms with Crippen molar-refractivity contribution in [3.05, 3.63) is 65.7 Å². The van der Waals surface area contributed by atoms with Crippen LogP contribution < -0.4 is 10.1 Å². The Morgan fingerprint density at radius 2 is 1.88 bits per heavy atom. The summed E-state index contributed by atoms with van der Waals surface area (Å²) >= 11 is 0.